The van der Waals surface area contributed by atoms with Gasteiger partial charge in [-0.1, -0.05) is 121 Å². The standard InChI is InChI=1S/C25H41NO/c1-2-3-4-5-6-7-8-9-10-11-12-13-14-18-23-26-25(27)22-21-24-19-16-15-17-20-24/h15-17,19-22H,2-14,18,23H2,1H3,(H,26,27). The number of carbonyl (C=O) groups excluding carboxylic acids is 1. The van der Waals surface area contributed by atoms with E-state index in [0.717, 1.165) is 18.5 Å². The van der Waals surface area contributed by atoms with Gasteiger partial charge in [0.25, 0.3) is 0 Å². The summed E-state index contributed by atoms with van der Waals surface area (Å²) in [6.07, 6.45) is 22.5. The number of hydrogen-bond donors (Lipinski definition) is 1. The quantitative estimate of drug-likeness (QED) is 0.226. The van der Waals surface area contributed by atoms with Crippen molar-refractivity contribution in [2.45, 2.75) is 96.8 Å². The lowest BCUT2D eigenvalue weighted by atomic mass is 10.0. The van der Waals surface area contributed by atoms with Crippen LogP contribution in [0, 0.1) is 0 Å². The molecule has 2 nitrogen and oxygen atoms in total. The van der Waals surface area contributed by atoms with Crippen LogP contribution in [0.3, 0.4) is 0 Å². The molecule has 152 valence electrons. The fourth-order valence-electron chi connectivity index (χ4n) is 3.33. The molecule has 0 aliphatic heterocycles. The molecule has 0 spiro atoms. The van der Waals surface area contributed by atoms with E-state index >= 15 is 0 Å². The summed E-state index contributed by atoms with van der Waals surface area (Å²) < 4.78 is 0. The van der Waals surface area contributed by atoms with E-state index in [1.165, 1.54) is 83.5 Å². The Morgan fingerprint density at radius 1 is 0.741 bits per heavy atom. The predicted octanol–water partition coefficient (Wildman–Crippen LogP) is 7.30. The number of carbonyl (C=O) groups is 1. The smallest absolute Gasteiger partial charge is 0.243 e. The Bertz CT molecular complexity index is 480. The van der Waals surface area contributed by atoms with Gasteiger partial charge in [-0.3, -0.25) is 4.79 Å². The molecule has 0 aliphatic carbocycles. The first kappa shape index (κ1) is 23.5. The molecule has 0 aromatic heterocycles. The van der Waals surface area contributed by atoms with Gasteiger partial charge in [-0.25, -0.2) is 0 Å². The van der Waals surface area contributed by atoms with Crippen LogP contribution in [-0.4, -0.2) is 12.5 Å². The van der Waals surface area contributed by atoms with Crippen LogP contribution in [0.4, 0.5) is 0 Å². The minimum absolute atomic E-state index is 0.00791. The molecule has 2 heteroatoms. The Morgan fingerprint density at radius 3 is 1.74 bits per heavy atom. The van der Waals surface area contributed by atoms with Crippen molar-refractivity contribution in [2.75, 3.05) is 6.54 Å². The van der Waals surface area contributed by atoms with Crippen molar-refractivity contribution in [3.63, 3.8) is 0 Å². The molecule has 0 fully saturated rings. The SMILES string of the molecule is CCCCCCCCCCCCCCCCNC(=O)C=Cc1ccccc1. The lowest BCUT2D eigenvalue weighted by Crippen LogP contribution is -2.21. The molecule has 0 saturated carbocycles. The molecule has 0 heterocycles. The molecule has 1 rings (SSSR count). The molecule has 1 N–H and O–H groups in total. The van der Waals surface area contributed by atoms with E-state index in [1.54, 1.807) is 6.08 Å². The first-order chi connectivity index (χ1) is 13.3. The minimum Gasteiger partial charge on any atom is -0.353 e. The molecule has 27 heavy (non-hydrogen) atoms. The van der Waals surface area contributed by atoms with Gasteiger partial charge in [0.1, 0.15) is 0 Å². The third-order valence-corrected chi connectivity index (χ3v) is 5.06. The first-order valence-electron chi connectivity index (χ1n) is 11.3. The molecule has 1 aromatic carbocycles. The van der Waals surface area contributed by atoms with Gasteiger partial charge in [-0.05, 0) is 18.1 Å². The van der Waals surface area contributed by atoms with Gasteiger partial charge in [-0.2, -0.15) is 0 Å². The summed E-state index contributed by atoms with van der Waals surface area (Å²) in [5.74, 6) is 0.00791. The molecule has 0 aliphatic rings. The fraction of sp³-hybridized carbons (Fsp3) is 0.640. The highest BCUT2D eigenvalue weighted by Crippen LogP contribution is 2.12. The topological polar surface area (TPSA) is 29.1 Å². The average molecular weight is 372 g/mol. The molecule has 1 aromatic rings. The second-order valence-corrected chi connectivity index (χ2v) is 7.63. The first-order valence-corrected chi connectivity index (χ1v) is 11.3. The monoisotopic (exact) mass is 371 g/mol. The van der Waals surface area contributed by atoms with Crippen LogP contribution >= 0.6 is 0 Å². The number of hydrogen-bond acceptors (Lipinski definition) is 1. The average Bonchev–Trinajstić information content (AvgIpc) is 2.70. The van der Waals surface area contributed by atoms with Crippen LogP contribution < -0.4 is 5.32 Å². The van der Waals surface area contributed by atoms with Gasteiger partial charge in [0.2, 0.25) is 5.91 Å². The van der Waals surface area contributed by atoms with Gasteiger partial charge in [-0.15, -0.1) is 0 Å². The molecular weight excluding hydrogens is 330 g/mol. The van der Waals surface area contributed by atoms with Gasteiger partial charge in [0, 0.05) is 12.6 Å². The van der Waals surface area contributed by atoms with E-state index in [9.17, 15) is 4.79 Å². The maximum atomic E-state index is 11.8. The highest BCUT2D eigenvalue weighted by atomic mass is 16.1. The van der Waals surface area contributed by atoms with Gasteiger partial charge in [0.05, 0.1) is 0 Å². The highest BCUT2D eigenvalue weighted by molar-refractivity contribution is 5.91. The zero-order chi connectivity index (χ0) is 19.4. The molecule has 0 atom stereocenters. The molecule has 1 amide bonds. The van der Waals surface area contributed by atoms with Crippen molar-refractivity contribution in [1.82, 2.24) is 5.32 Å². The van der Waals surface area contributed by atoms with Gasteiger partial charge >= 0.3 is 0 Å². The predicted molar refractivity (Wildman–Crippen MR) is 119 cm³/mol. The molecule has 0 radical (unpaired) electrons. The maximum Gasteiger partial charge on any atom is 0.243 e. The third-order valence-electron chi connectivity index (χ3n) is 5.06. The van der Waals surface area contributed by atoms with Crippen molar-refractivity contribution >= 4 is 12.0 Å². The molecule has 0 bridgehead atoms. The number of unbranched alkanes of at least 4 members (excludes halogenated alkanes) is 13. The van der Waals surface area contributed by atoms with Crippen LogP contribution in [0.5, 0.6) is 0 Å². The lowest BCUT2D eigenvalue weighted by molar-refractivity contribution is -0.116. The van der Waals surface area contributed by atoms with E-state index in [0.29, 0.717) is 0 Å². The Hall–Kier alpha value is -1.57. The van der Waals surface area contributed by atoms with Crippen molar-refractivity contribution in [2.24, 2.45) is 0 Å². The van der Waals surface area contributed by atoms with E-state index in [1.807, 2.05) is 36.4 Å². The zero-order valence-electron chi connectivity index (χ0n) is 17.6. The van der Waals surface area contributed by atoms with E-state index in [-0.39, 0.29) is 5.91 Å². The Morgan fingerprint density at radius 2 is 1.22 bits per heavy atom. The van der Waals surface area contributed by atoms with Crippen LogP contribution in [0.2, 0.25) is 0 Å². The van der Waals surface area contributed by atoms with Gasteiger partial charge in [0.15, 0.2) is 0 Å². The van der Waals surface area contributed by atoms with E-state index < -0.39 is 0 Å². The van der Waals surface area contributed by atoms with Gasteiger partial charge < -0.3 is 5.32 Å². The maximum absolute atomic E-state index is 11.8. The van der Waals surface area contributed by atoms with E-state index in [4.69, 9.17) is 0 Å². The third kappa shape index (κ3) is 15.2. The molecular formula is C25H41NO. The second kappa shape index (κ2) is 17.8. The second-order valence-electron chi connectivity index (χ2n) is 7.63. The minimum atomic E-state index is 0.00791. The summed E-state index contributed by atoms with van der Waals surface area (Å²) in [6, 6.07) is 9.93. The van der Waals surface area contributed by atoms with Crippen LogP contribution in [-0.2, 0) is 4.79 Å². The van der Waals surface area contributed by atoms with Crippen molar-refractivity contribution in [3.05, 3.63) is 42.0 Å². The van der Waals surface area contributed by atoms with Crippen LogP contribution in [0.25, 0.3) is 6.08 Å². The summed E-state index contributed by atoms with van der Waals surface area (Å²) in [5.41, 5.74) is 1.06. The van der Waals surface area contributed by atoms with Crippen LogP contribution in [0.1, 0.15) is 102 Å². The molecule has 0 saturated heterocycles. The number of nitrogens with one attached hydrogen (secondary N) is 1. The van der Waals surface area contributed by atoms with Crippen molar-refractivity contribution in [3.8, 4) is 0 Å². The van der Waals surface area contributed by atoms with Crippen LogP contribution in [0.15, 0.2) is 36.4 Å². The zero-order valence-corrected chi connectivity index (χ0v) is 17.6. The Kier molecular flexibility index (Phi) is 15.5. The Balaban J connectivity index is 1.81. The summed E-state index contributed by atoms with van der Waals surface area (Å²) in [4.78, 5) is 11.8. The summed E-state index contributed by atoms with van der Waals surface area (Å²) in [6.45, 7) is 3.07. The van der Waals surface area contributed by atoms with E-state index in [2.05, 4.69) is 12.2 Å². The number of benzene rings is 1. The largest absolute Gasteiger partial charge is 0.353 e. The number of amides is 1. The highest BCUT2D eigenvalue weighted by Gasteiger charge is 1.96. The fourth-order valence-corrected chi connectivity index (χ4v) is 3.33. The van der Waals surface area contributed by atoms with Crippen molar-refractivity contribution < 1.29 is 4.79 Å². The van der Waals surface area contributed by atoms with Crippen molar-refractivity contribution in [1.29, 1.82) is 0 Å². The normalized spacial score (nSPS) is 11.1. The summed E-state index contributed by atoms with van der Waals surface area (Å²) in [7, 11) is 0. The summed E-state index contributed by atoms with van der Waals surface area (Å²) in [5, 5.41) is 2.97. The molecule has 0 unspecified atom stereocenters. The lowest BCUT2D eigenvalue weighted by Gasteiger charge is -2.04. The Labute approximate surface area is 167 Å². The summed E-state index contributed by atoms with van der Waals surface area (Å²) >= 11 is 0. The number of rotatable bonds is 17.